The van der Waals surface area contributed by atoms with Crippen LogP contribution in [0.4, 0.5) is 0 Å². The van der Waals surface area contributed by atoms with E-state index >= 15 is 0 Å². The Bertz CT molecular complexity index is 1290. The quantitative estimate of drug-likeness (QED) is 0.0725. The number of rotatable bonds is 23. The molecule has 16 heteroatoms. The highest BCUT2D eigenvalue weighted by Crippen LogP contribution is 2.24. The SMILES string of the molecule is CNC(=O)CCNC(=O)Cc1ccc(CNC(=O)COCCNC(=O)CN2C(=O)CC(SCC(=O)NCCCCCC(C)=O)C2=O)cc1. The number of ether oxygens (including phenoxy) is 1. The van der Waals surface area contributed by atoms with Gasteiger partial charge in [-0.05, 0) is 30.9 Å². The number of imide groups is 1. The average molecular weight is 691 g/mol. The van der Waals surface area contributed by atoms with Gasteiger partial charge in [0, 0.05) is 52.5 Å². The third-order valence-corrected chi connectivity index (χ3v) is 8.28. The van der Waals surface area contributed by atoms with E-state index in [1.807, 2.05) is 0 Å². The molecule has 0 spiro atoms. The summed E-state index contributed by atoms with van der Waals surface area (Å²) in [5, 5.41) is 12.5. The third kappa shape index (κ3) is 16.5. The van der Waals surface area contributed by atoms with Crippen LogP contribution in [-0.2, 0) is 56.1 Å². The number of Topliss-reactive ketones (excluding diaryl/α,β-unsaturated/α-hetero) is 1. The van der Waals surface area contributed by atoms with Gasteiger partial charge in [-0.15, -0.1) is 11.8 Å². The summed E-state index contributed by atoms with van der Waals surface area (Å²) in [6.45, 7) is 1.95. The number of likely N-dealkylation sites (tertiary alicyclic amines) is 1. The molecule has 1 aromatic rings. The first kappa shape index (κ1) is 39.9. The van der Waals surface area contributed by atoms with E-state index in [0.29, 0.717) is 13.0 Å². The van der Waals surface area contributed by atoms with Gasteiger partial charge in [0.2, 0.25) is 41.4 Å². The van der Waals surface area contributed by atoms with Crippen LogP contribution in [0.15, 0.2) is 24.3 Å². The zero-order valence-corrected chi connectivity index (χ0v) is 28.3. The highest BCUT2D eigenvalue weighted by atomic mass is 32.2. The fraction of sp³-hybridized carbons (Fsp3) is 0.562. The Morgan fingerprint density at radius 2 is 1.48 bits per heavy atom. The molecule has 1 saturated heterocycles. The molecule has 48 heavy (non-hydrogen) atoms. The molecule has 1 aliphatic rings. The highest BCUT2D eigenvalue weighted by Gasteiger charge is 2.39. The van der Waals surface area contributed by atoms with Crippen LogP contribution in [0.3, 0.4) is 0 Å². The van der Waals surface area contributed by atoms with E-state index in [0.717, 1.165) is 47.1 Å². The first-order valence-electron chi connectivity index (χ1n) is 15.9. The number of thioether (sulfide) groups is 1. The van der Waals surface area contributed by atoms with E-state index in [-0.39, 0.29) is 87.3 Å². The molecule has 5 N–H and O–H groups in total. The van der Waals surface area contributed by atoms with Gasteiger partial charge in [-0.3, -0.25) is 38.5 Å². The zero-order valence-electron chi connectivity index (χ0n) is 27.5. The number of unbranched alkanes of at least 4 members (excludes halogenated alkanes) is 2. The minimum atomic E-state index is -0.731. The molecular weight excluding hydrogens is 644 g/mol. The van der Waals surface area contributed by atoms with Gasteiger partial charge >= 0.3 is 0 Å². The molecule has 1 aliphatic heterocycles. The van der Waals surface area contributed by atoms with Gasteiger partial charge in [-0.25, -0.2) is 0 Å². The number of benzene rings is 1. The van der Waals surface area contributed by atoms with Gasteiger partial charge in [0.1, 0.15) is 18.9 Å². The molecule has 0 aromatic heterocycles. The van der Waals surface area contributed by atoms with Gasteiger partial charge in [-0.2, -0.15) is 0 Å². The Kier molecular flexibility index (Phi) is 18.5. The molecule has 15 nitrogen and oxygen atoms in total. The molecule has 0 saturated carbocycles. The summed E-state index contributed by atoms with van der Waals surface area (Å²) < 4.78 is 5.29. The molecule has 0 bridgehead atoms. The molecular formula is C32H46N6O9S. The number of nitrogens with one attached hydrogen (secondary N) is 5. The second-order valence-electron chi connectivity index (χ2n) is 11.1. The van der Waals surface area contributed by atoms with Crippen LogP contribution in [0.2, 0.25) is 0 Å². The predicted octanol–water partition coefficient (Wildman–Crippen LogP) is -0.643. The lowest BCUT2D eigenvalue weighted by Crippen LogP contribution is -2.42. The van der Waals surface area contributed by atoms with Gasteiger partial charge in [0.05, 0.1) is 24.0 Å². The van der Waals surface area contributed by atoms with Crippen LogP contribution in [0.25, 0.3) is 0 Å². The smallest absolute Gasteiger partial charge is 0.246 e. The van der Waals surface area contributed by atoms with Crippen LogP contribution >= 0.6 is 11.8 Å². The molecule has 2 rings (SSSR count). The van der Waals surface area contributed by atoms with E-state index in [9.17, 15) is 38.4 Å². The topological polar surface area (TPSA) is 209 Å². The Balaban J connectivity index is 1.55. The maximum atomic E-state index is 12.6. The van der Waals surface area contributed by atoms with Crippen LogP contribution in [0, 0.1) is 0 Å². The molecule has 1 heterocycles. The maximum Gasteiger partial charge on any atom is 0.246 e. The number of amides is 7. The number of carbonyl (C=O) groups excluding carboxylic acids is 8. The summed E-state index contributed by atoms with van der Waals surface area (Å²) in [4.78, 5) is 96.5. The summed E-state index contributed by atoms with van der Waals surface area (Å²) in [7, 11) is 1.53. The van der Waals surface area contributed by atoms with E-state index < -0.39 is 29.5 Å². The third-order valence-electron chi connectivity index (χ3n) is 7.08. The summed E-state index contributed by atoms with van der Waals surface area (Å²) in [6, 6.07) is 7.15. The monoisotopic (exact) mass is 690 g/mol. The Morgan fingerprint density at radius 3 is 2.19 bits per heavy atom. The van der Waals surface area contributed by atoms with Crippen molar-refractivity contribution in [2.24, 2.45) is 0 Å². The highest BCUT2D eigenvalue weighted by molar-refractivity contribution is 8.01. The Morgan fingerprint density at radius 1 is 0.792 bits per heavy atom. The molecule has 0 radical (unpaired) electrons. The van der Waals surface area contributed by atoms with Crippen molar-refractivity contribution in [3.05, 3.63) is 35.4 Å². The molecule has 1 unspecified atom stereocenters. The Hall–Kier alpha value is -4.31. The maximum absolute atomic E-state index is 12.6. The fourth-order valence-electron chi connectivity index (χ4n) is 4.42. The summed E-state index contributed by atoms with van der Waals surface area (Å²) in [6.07, 6.45) is 3.17. The van der Waals surface area contributed by atoms with Crippen LogP contribution < -0.4 is 26.6 Å². The van der Waals surface area contributed by atoms with Gasteiger partial charge in [0.15, 0.2) is 0 Å². The molecule has 264 valence electrons. The van der Waals surface area contributed by atoms with Crippen molar-refractivity contribution in [3.8, 4) is 0 Å². The van der Waals surface area contributed by atoms with E-state index in [1.54, 1.807) is 31.2 Å². The normalized spacial score (nSPS) is 14.0. The van der Waals surface area contributed by atoms with E-state index in [1.165, 1.54) is 7.05 Å². The number of nitrogens with zero attached hydrogens (tertiary/aromatic N) is 1. The van der Waals surface area contributed by atoms with Crippen LogP contribution in [0.5, 0.6) is 0 Å². The number of carbonyl (C=O) groups is 8. The summed E-state index contributed by atoms with van der Waals surface area (Å²) in [5.74, 6) is -2.36. The van der Waals surface area contributed by atoms with Crippen molar-refractivity contribution in [1.29, 1.82) is 0 Å². The van der Waals surface area contributed by atoms with E-state index in [2.05, 4.69) is 26.6 Å². The van der Waals surface area contributed by atoms with Crippen molar-refractivity contribution in [1.82, 2.24) is 31.5 Å². The van der Waals surface area contributed by atoms with Crippen molar-refractivity contribution in [2.45, 2.75) is 63.7 Å². The van der Waals surface area contributed by atoms with Gasteiger partial charge < -0.3 is 36.1 Å². The number of ketones is 1. The molecule has 1 atom stereocenters. The van der Waals surface area contributed by atoms with Crippen molar-refractivity contribution in [3.63, 3.8) is 0 Å². The number of hydrogen-bond donors (Lipinski definition) is 5. The lowest BCUT2D eigenvalue weighted by Gasteiger charge is -2.15. The first-order chi connectivity index (χ1) is 23.0. The molecule has 7 amide bonds. The van der Waals surface area contributed by atoms with Crippen molar-refractivity contribution >= 4 is 58.9 Å². The largest absolute Gasteiger partial charge is 0.370 e. The standard InChI is InChI=1S/C32H46N6O9S/c1-22(39)6-4-3-5-12-34-30(44)21-48-25-17-31(45)38(32(25)46)19-28(42)36-14-15-47-20-29(43)37-18-24-9-7-23(8-10-24)16-27(41)35-13-11-26(40)33-2/h7-10,25H,3-6,11-21H2,1-2H3,(H,33,40)(H,34,44)(H,35,41)(H,36,42)(H,37,43). The minimum Gasteiger partial charge on any atom is -0.370 e. The number of hydrogen-bond acceptors (Lipinski definition) is 10. The Labute approximate surface area is 284 Å². The van der Waals surface area contributed by atoms with Crippen LogP contribution in [-0.4, -0.2) is 109 Å². The second kappa shape index (κ2) is 22.3. The molecule has 0 aliphatic carbocycles. The lowest BCUT2D eigenvalue weighted by molar-refractivity contribution is -0.142. The minimum absolute atomic E-state index is 0.0117. The van der Waals surface area contributed by atoms with Gasteiger partial charge in [-0.1, -0.05) is 30.7 Å². The lowest BCUT2D eigenvalue weighted by atomic mass is 10.1. The predicted molar refractivity (Wildman–Crippen MR) is 177 cm³/mol. The average Bonchev–Trinajstić information content (AvgIpc) is 3.31. The summed E-state index contributed by atoms with van der Waals surface area (Å²) >= 11 is 1.06. The first-order valence-corrected chi connectivity index (χ1v) is 16.9. The second-order valence-corrected chi connectivity index (χ2v) is 12.3. The van der Waals surface area contributed by atoms with E-state index in [4.69, 9.17) is 4.74 Å². The van der Waals surface area contributed by atoms with Crippen molar-refractivity contribution < 1.29 is 43.1 Å². The fourth-order valence-corrected chi connectivity index (χ4v) is 5.41. The van der Waals surface area contributed by atoms with Crippen LogP contribution in [0.1, 0.15) is 56.6 Å². The molecule has 1 aromatic carbocycles. The van der Waals surface area contributed by atoms with Gasteiger partial charge in [0.25, 0.3) is 0 Å². The zero-order chi connectivity index (χ0) is 35.3. The molecule has 1 fully saturated rings. The van der Waals surface area contributed by atoms with Crippen molar-refractivity contribution in [2.75, 3.05) is 52.2 Å². The summed E-state index contributed by atoms with van der Waals surface area (Å²) in [5.41, 5.74) is 1.61.